The Morgan fingerprint density at radius 2 is 1.37 bits per heavy atom. The van der Waals surface area contributed by atoms with Gasteiger partial charge in [0.15, 0.2) is 5.78 Å². The quantitative estimate of drug-likeness (QED) is 0.393. The van der Waals surface area contributed by atoms with Gasteiger partial charge in [-0.3, -0.25) is 9.59 Å². The van der Waals surface area contributed by atoms with Crippen LogP contribution in [0.25, 0.3) is 0 Å². The van der Waals surface area contributed by atoms with E-state index in [4.69, 9.17) is 0 Å². The average Bonchev–Trinajstić information content (AvgIpc) is 2.47. The molecular weight excluding hydrogens is 238 g/mol. The lowest BCUT2D eigenvalue weighted by Crippen LogP contribution is -2.19. The number of hydrogen-bond donors (Lipinski definition) is 1. The number of carbonyl (C=O) groups excluding carboxylic acids is 2. The van der Waals surface area contributed by atoms with E-state index in [0.717, 1.165) is 0 Å². The van der Waals surface area contributed by atoms with Crippen LogP contribution in [0.15, 0.2) is 72.8 Å². The van der Waals surface area contributed by atoms with Gasteiger partial charge in [0.2, 0.25) is 0 Å². The van der Waals surface area contributed by atoms with Crippen LogP contribution in [0.5, 0.6) is 0 Å². The van der Waals surface area contributed by atoms with Gasteiger partial charge in [-0.15, -0.1) is 0 Å². The van der Waals surface area contributed by atoms with E-state index in [2.05, 4.69) is 11.9 Å². The molecule has 19 heavy (non-hydrogen) atoms. The van der Waals surface area contributed by atoms with Gasteiger partial charge in [-0.2, -0.15) is 0 Å². The molecule has 1 N–H and O–H groups in total. The second-order valence-corrected chi connectivity index (χ2v) is 3.99. The molecule has 2 rings (SSSR count). The third-order valence-electron chi connectivity index (χ3n) is 2.62. The van der Waals surface area contributed by atoms with Crippen molar-refractivity contribution in [2.24, 2.45) is 0 Å². The third-order valence-corrected chi connectivity index (χ3v) is 2.62. The van der Waals surface area contributed by atoms with Crippen molar-refractivity contribution in [3.8, 4) is 0 Å². The SMILES string of the molecule is C=C(C(=O)Nc1ccccc1)C(=O)c1ccccc1. The Bertz CT molecular complexity index is 603. The Labute approximate surface area is 111 Å². The van der Waals surface area contributed by atoms with Crippen LogP contribution in [-0.2, 0) is 4.79 Å². The maximum atomic E-state index is 12.0. The molecule has 1 amide bonds. The van der Waals surface area contributed by atoms with Gasteiger partial charge >= 0.3 is 0 Å². The van der Waals surface area contributed by atoms with Gasteiger partial charge in [0.1, 0.15) is 0 Å². The number of nitrogens with one attached hydrogen (secondary N) is 1. The lowest BCUT2D eigenvalue weighted by molar-refractivity contribution is -0.112. The van der Waals surface area contributed by atoms with Crippen molar-refractivity contribution in [2.75, 3.05) is 5.32 Å². The summed E-state index contributed by atoms with van der Waals surface area (Å²) >= 11 is 0. The first-order chi connectivity index (χ1) is 9.18. The molecule has 2 aromatic carbocycles. The molecule has 3 nitrogen and oxygen atoms in total. The fraction of sp³-hybridized carbons (Fsp3) is 0. The molecule has 0 unspecified atom stereocenters. The molecule has 0 aromatic heterocycles. The molecule has 0 radical (unpaired) electrons. The van der Waals surface area contributed by atoms with Crippen molar-refractivity contribution in [3.05, 3.63) is 78.4 Å². The van der Waals surface area contributed by atoms with Gasteiger partial charge in [-0.05, 0) is 12.1 Å². The number of para-hydroxylation sites is 1. The number of rotatable bonds is 4. The monoisotopic (exact) mass is 251 g/mol. The number of Topliss-reactive ketones (excluding diaryl/α,β-unsaturated/α-hetero) is 1. The normalized spacial score (nSPS) is 9.68. The maximum Gasteiger partial charge on any atom is 0.259 e. The van der Waals surface area contributed by atoms with E-state index in [1.807, 2.05) is 12.1 Å². The summed E-state index contributed by atoms with van der Waals surface area (Å²) in [5, 5.41) is 2.63. The fourth-order valence-electron chi connectivity index (χ4n) is 1.59. The molecular formula is C16H13NO2. The molecule has 0 aliphatic heterocycles. The van der Waals surface area contributed by atoms with E-state index in [-0.39, 0.29) is 11.4 Å². The van der Waals surface area contributed by atoms with Crippen molar-refractivity contribution in [1.82, 2.24) is 0 Å². The molecule has 94 valence electrons. The van der Waals surface area contributed by atoms with Crippen LogP contribution in [0.1, 0.15) is 10.4 Å². The summed E-state index contributed by atoms with van der Waals surface area (Å²) < 4.78 is 0. The van der Waals surface area contributed by atoms with Crippen molar-refractivity contribution < 1.29 is 9.59 Å². The standard InChI is InChI=1S/C16H13NO2/c1-12(15(18)13-8-4-2-5-9-13)16(19)17-14-10-6-3-7-11-14/h2-11H,1H2,(H,17,19). The number of carbonyl (C=O) groups is 2. The summed E-state index contributed by atoms with van der Waals surface area (Å²) in [5.74, 6) is -0.853. The zero-order valence-corrected chi connectivity index (χ0v) is 10.3. The fourth-order valence-corrected chi connectivity index (χ4v) is 1.59. The summed E-state index contributed by atoms with van der Waals surface area (Å²) in [4.78, 5) is 23.9. The van der Waals surface area contributed by atoms with Crippen molar-refractivity contribution >= 4 is 17.4 Å². The minimum Gasteiger partial charge on any atom is -0.322 e. The lowest BCUT2D eigenvalue weighted by atomic mass is 10.0. The summed E-state index contributed by atoms with van der Waals surface area (Å²) in [6, 6.07) is 17.6. The first-order valence-corrected chi connectivity index (χ1v) is 5.83. The molecule has 0 saturated carbocycles. The minimum atomic E-state index is -0.486. The third kappa shape index (κ3) is 3.16. The van der Waals surface area contributed by atoms with E-state index < -0.39 is 5.91 Å². The van der Waals surface area contributed by atoms with Crippen LogP contribution in [0.2, 0.25) is 0 Å². The van der Waals surface area contributed by atoms with Crippen LogP contribution in [0.4, 0.5) is 5.69 Å². The Morgan fingerprint density at radius 3 is 1.95 bits per heavy atom. The van der Waals surface area contributed by atoms with Gasteiger partial charge in [0.05, 0.1) is 5.57 Å². The lowest BCUT2D eigenvalue weighted by Gasteiger charge is -2.06. The first-order valence-electron chi connectivity index (χ1n) is 5.83. The Balaban J connectivity index is 2.08. The van der Waals surface area contributed by atoms with Gasteiger partial charge in [0.25, 0.3) is 5.91 Å². The van der Waals surface area contributed by atoms with E-state index in [1.165, 1.54) is 0 Å². The van der Waals surface area contributed by atoms with Gasteiger partial charge in [-0.1, -0.05) is 55.1 Å². The summed E-state index contributed by atoms with van der Waals surface area (Å²) in [6.45, 7) is 3.57. The highest BCUT2D eigenvalue weighted by Crippen LogP contribution is 2.11. The van der Waals surface area contributed by atoms with Gasteiger partial charge in [-0.25, -0.2) is 0 Å². The number of benzene rings is 2. The van der Waals surface area contributed by atoms with E-state index >= 15 is 0 Å². The summed E-state index contributed by atoms with van der Waals surface area (Å²) in [7, 11) is 0. The molecule has 0 aliphatic carbocycles. The van der Waals surface area contributed by atoms with E-state index in [1.54, 1.807) is 48.5 Å². The number of anilines is 1. The van der Waals surface area contributed by atoms with E-state index in [9.17, 15) is 9.59 Å². The average molecular weight is 251 g/mol. The number of hydrogen-bond acceptors (Lipinski definition) is 2. The highest BCUT2D eigenvalue weighted by Gasteiger charge is 2.17. The van der Waals surface area contributed by atoms with Crippen LogP contribution < -0.4 is 5.32 Å². The van der Waals surface area contributed by atoms with Crippen LogP contribution in [0.3, 0.4) is 0 Å². The van der Waals surface area contributed by atoms with Gasteiger partial charge in [0, 0.05) is 11.3 Å². The van der Waals surface area contributed by atoms with Crippen LogP contribution in [-0.4, -0.2) is 11.7 Å². The second kappa shape index (κ2) is 5.78. The summed E-state index contributed by atoms with van der Waals surface area (Å²) in [6.07, 6.45) is 0. The van der Waals surface area contributed by atoms with Gasteiger partial charge < -0.3 is 5.32 Å². The topological polar surface area (TPSA) is 46.2 Å². The molecule has 0 saturated heterocycles. The highest BCUT2D eigenvalue weighted by atomic mass is 16.2. The predicted molar refractivity (Wildman–Crippen MR) is 75.0 cm³/mol. The highest BCUT2D eigenvalue weighted by molar-refractivity contribution is 6.28. The molecule has 0 spiro atoms. The second-order valence-electron chi connectivity index (χ2n) is 3.99. The molecule has 3 heteroatoms. The minimum absolute atomic E-state index is 0.0740. The predicted octanol–water partition coefficient (Wildman–Crippen LogP) is 3.06. The summed E-state index contributed by atoms with van der Waals surface area (Å²) in [5.41, 5.74) is 1.01. The molecule has 0 bridgehead atoms. The maximum absolute atomic E-state index is 12.0. The molecule has 0 aliphatic rings. The van der Waals surface area contributed by atoms with Crippen molar-refractivity contribution in [1.29, 1.82) is 0 Å². The Kier molecular flexibility index (Phi) is 3.88. The zero-order valence-electron chi connectivity index (χ0n) is 10.3. The molecule has 0 atom stereocenters. The molecule has 0 fully saturated rings. The number of amides is 1. The van der Waals surface area contributed by atoms with Crippen molar-refractivity contribution in [3.63, 3.8) is 0 Å². The van der Waals surface area contributed by atoms with E-state index in [0.29, 0.717) is 11.3 Å². The number of ketones is 1. The molecule has 2 aromatic rings. The largest absolute Gasteiger partial charge is 0.322 e. The smallest absolute Gasteiger partial charge is 0.259 e. The first kappa shape index (κ1) is 12.8. The molecule has 0 heterocycles. The van der Waals surface area contributed by atoms with Crippen LogP contribution >= 0.6 is 0 Å². The van der Waals surface area contributed by atoms with Crippen LogP contribution in [0, 0.1) is 0 Å². The zero-order chi connectivity index (χ0) is 13.7. The van der Waals surface area contributed by atoms with Crippen molar-refractivity contribution in [2.45, 2.75) is 0 Å². The Hall–Kier alpha value is -2.68. The Morgan fingerprint density at radius 1 is 0.842 bits per heavy atom.